The molecule has 0 aromatic heterocycles. The molecule has 0 aliphatic heterocycles. The Hall–Kier alpha value is -4.31. The predicted octanol–water partition coefficient (Wildman–Crippen LogP) is 22.3. The number of allylic oxidation sites excluding steroid dienone is 22. The number of rotatable bonds is 72. The van der Waals surface area contributed by atoms with Gasteiger partial charge in [0.1, 0.15) is 25.4 Å². The van der Waals surface area contributed by atoms with Crippen molar-refractivity contribution < 1.29 is 75.8 Å². The standard InChI is InChI=1S/C81H138O16P2/c1-4-7-10-13-16-19-22-25-28-31-33-34-35-36-37-38-39-40-42-45-46-49-52-55-58-61-64-67-79(84)91-70-76(82)71-93-98(87,88)94-72-77(83)73-95-99(89,90)96-75-78(97-81(86)69-66-63-60-57-54-51-48-43-30-27-24-21-18-15-12-9-6-3)74-92-80(85)68-65-62-59-56-53-50-47-44-41-32-29-26-23-20-17-14-11-8-5-2/h9,12,16-21,25-30,33-34,36-37,41,44,48,51,76-78,82-83H,4-8,10-11,13-15,22-24,31-32,35,38-40,42-43,45-47,49-50,52-75H2,1-3H3,(H,87,88)(H,89,90)/b12-9-,19-16-,20-17-,21-18-,28-25-,29-26-,30-27-,34-33-,37-36-,44-41-,51-48-. The summed E-state index contributed by atoms with van der Waals surface area (Å²) in [4.78, 5) is 58.6. The molecule has 5 atom stereocenters. The van der Waals surface area contributed by atoms with Gasteiger partial charge in [0, 0.05) is 19.3 Å². The lowest BCUT2D eigenvalue weighted by Crippen LogP contribution is -2.30. The van der Waals surface area contributed by atoms with Crippen molar-refractivity contribution in [3.63, 3.8) is 0 Å². The first kappa shape index (κ1) is 94.7. The molecule has 4 N–H and O–H groups in total. The lowest BCUT2D eigenvalue weighted by molar-refractivity contribution is -0.161. The van der Waals surface area contributed by atoms with Crippen LogP contribution in [-0.4, -0.2) is 95.9 Å². The quantitative estimate of drug-likeness (QED) is 0.0146. The van der Waals surface area contributed by atoms with Gasteiger partial charge >= 0.3 is 33.6 Å². The number of carbonyl (C=O) groups is 3. The molecule has 0 saturated carbocycles. The summed E-state index contributed by atoms with van der Waals surface area (Å²) in [5.74, 6) is -1.62. The first-order valence-corrected chi connectivity index (χ1v) is 41.5. The minimum atomic E-state index is -4.94. The molecule has 5 unspecified atom stereocenters. The van der Waals surface area contributed by atoms with Gasteiger partial charge in [-0.05, 0) is 141 Å². The normalized spacial score (nSPS) is 14.8. The Morgan fingerprint density at radius 1 is 0.293 bits per heavy atom. The van der Waals surface area contributed by atoms with Crippen LogP contribution in [0.1, 0.15) is 303 Å². The molecule has 0 bridgehead atoms. The molecule has 0 fully saturated rings. The van der Waals surface area contributed by atoms with Crippen LogP contribution < -0.4 is 0 Å². The molecular formula is C81H138O16P2. The third kappa shape index (κ3) is 74.7. The van der Waals surface area contributed by atoms with Crippen LogP contribution in [-0.2, 0) is 55.8 Å². The van der Waals surface area contributed by atoms with Crippen LogP contribution in [0.4, 0.5) is 0 Å². The van der Waals surface area contributed by atoms with E-state index in [-0.39, 0.29) is 19.3 Å². The molecule has 0 aliphatic carbocycles. The number of carbonyl (C=O) groups excluding carboxylic acids is 3. The number of hydrogen-bond donors (Lipinski definition) is 4. The average molecular weight is 1430 g/mol. The molecule has 0 radical (unpaired) electrons. The van der Waals surface area contributed by atoms with Crippen LogP contribution >= 0.6 is 15.6 Å². The molecule has 18 heteroatoms. The molecule has 99 heavy (non-hydrogen) atoms. The zero-order valence-corrected chi connectivity index (χ0v) is 63.7. The number of phosphoric acid groups is 2. The smallest absolute Gasteiger partial charge is 0.463 e. The lowest BCUT2D eigenvalue weighted by atomic mass is 10.0. The molecular weight excluding hydrogens is 1290 g/mol. The SMILES string of the molecule is CC/C=C\C/C=C\C/C=C\C/C=C\CCCCCCC(=O)OC(COC(=O)CCCCCCCC/C=C\C/C=C\C/C=C\CCCCC)COP(=O)(O)OCC(O)COP(=O)(O)OCC(O)COC(=O)CCCCCCCCCCCCC/C=C\C/C=C\C/C=C\C/C=C\CCCCC. The van der Waals surface area contributed by atoms with Gasteiger partial charge in [-0.1, -0.05) is 276 Å². The molecule has 0 aromatic rings. The first-order valence-electron chi connectivity index (χ1n) is 38.5. The first-order chi connectivity index (χ1) is 48.2. The summed E-state index contributed by atoms with van der Waals surface area (Å²) in [6.07, 6.45) is 87.8. The molecule has 0 amide bonds. The van der Waals surface area contributed by atoms with E-state index in [1.165, 1.54) is 89.9 Å². The van der Waals surface area contributed by atoms with Crippen molar-refractivity contribution in [1.82, 2.24) is 0 Å². The minimum absolute atomic E-state index is 0.0701. The number of esters is 3. The second-order valence-electron chi connectivity index (χ2n) is 25.4. The summed E-state index contributed by atoms with van der Waals surface area (Å²) in [6, 6.07) is 0. The van der Waals surface area contributed by atoms with Gasteiger partial charge in [0.15, 0.2) is 6.10 Å². The Kier molecular flexibility index (Phi) is 70.2. The average Bonchev–Trinajstić information content (AvgIpc) is 2.17. The second kappa shape index (κ2) is 73.4. The predicted molar refractivity (Wildman–Crippen MR) is 408 cm³/mol. The van der Waals surface area contributed by atoms with Crippen molar-refractivity contribution in [3.8, 4) is 0 Å². The van der Waals surface area contributed by atoms with Gasteiger partial charge in [0.25, 0.3) is 0 Å². The summed E-state index contributed by atoms with van der Waals surface area (Å²) in [7, 11) is -9.81. The summed E-state index contributed by atoms with van der Waals surface area (Å²) < 4.78 is 61.1. The largest absolute Gasteiger partial charge is 0.472 e. The maximum absolute atomic E-state index is 13.0. The number of unbranched alkanes of at least 4 members (excludes halogenated alkanes) is 27. The highest BCUT2D eigenvalue weighted by Gasteiger charge is 2.29. The topological polar surface area (TPSA) is 231 Å². The van der Waals surface area contributed by atoms with Gasteiger partial charge < -0.3 is 34.2 Å². The molecule has 568 valence electrons. The fourth-order valence-electron chi connectivity index (χ4n) is 9.96. The maximum Gasteiger partial charge on any atom is 0.472 e. The van der Waals surface area contributed by atoms with Gasteiger partial charge in [0.2, 0.25) is 0 Å². The van der Waals surface area contributed by atoms with Gasteiger partial charge in [-0.25, -0.2) is 9.13 Å². The number of ether oxygens (including phenoxy) is 3. The molecule has 0 saturated heterocycles. The summed E-state index contributed by atoms with van der Waals surface area (Å²) in [6.45, 7) is 2.47. The van der Waals surface area contributed by atoms with Crippen LogP contribution in [0.15, 0.2) is 134 Å². The van der Waals surface area contributed by atoms with E-state index in [0.717, 1.165) is 154 Å². The van der Waals surface area contributed by atoms with Crippen LogP contribution in [0.3, 0.4) is 0 Å². The van der Waals surface area contributed by atoms with Crippen LogP contribution in [0.2, 0.25) is 0 Å². The number of aliphatic hydroxyl groups excluding tert-OH is 2. The van der Waals surface area contributed by atoms with Crippen LogP contribution in [0.25, 0.3) is 0 Å². The van der Waals surface area contributed by atoms with E-state index < -0.39 is 91.5 Å². The van der Waals surface area contributed by atoms with Crippen molar-refractivity contribution in [2.45, 2.75) is 322 Å². The number of aliphatic hydroxyl groups is 2. The van der Waals surface area contributed by atoms with Crippen molar-refractivity contribution in [1.29, 1.82) is 0 Å². The van der Waals surface area contributed by atoms with Crippen molar-refractivity contribution >= 4 is 33.6 Å². The Morgan fingerprint density at radius 3 is 0.848 bits per heavy atom. The van der Waals surface area contributed by atoms with Crippen LogP contribution in [0.5, 0.6) is 0 Å². The molecule has 0 rings (SSSR count). The Morgan fingerprint density at radius 2 is 0.535 bits per heavy atom. The highest BCUT2D eigenvalue weighted by Crippen LogP contribution is 2.45. The zero-order valence-electron chi connectivity index (χ0n) is 61.9. The van der Waals surface area contributed by atoms with Crippen molar-refractivity contribution in [2.75, 3.05) is 39.6 Å². The third-order valence-corrected chi connectivity index (χ3v) is 17.7. The summed E-state index contributed by atoms with van der Waals surface area (Å²) in [5.41, 5.74) is 0. The van der Waals surface area contributed by atoms with Gasteiger partial charge in [-0.2, -0.15) is 0 Å². The van der Waals surface area contributed by atoms with Gasteiger partial charge in [-0.15, -0.1) is 0 Å². The van der Waals surface area contributed by atoms with Crippen molar-refractivity contribution in [2.24, 2.45) is 0 Å². The van der Waals surface area contributed by atoms with E-state index >= 15 is 0 Å². The van der Waals surface area contributed by atoms with Crippen LogP contribution in [0, 0.1) is 0 Å². The monoisotopic (exact) mass is 1430 g/mol. The van der Waals surface area contributed by atoms with E-state index in [1.54, 1.807) is 0 Å². The summed E-state index contributed by atoms with van der Waals surface area (Å²) in [5, 5.41) is 20.6. The van der Waals surface area contributed by atoms with Gasteiger partial charge in [0.05, 0.1) is 26.4 Å². The highest BCUT2D eigenvalue weighted by atomic mass is 31.2. The third-order valence-electron chi connectivity index (χ3n) is 15.8. The minimum Gasteiger partial charge on any atom is -0.463 e. The van der Waals surface area contributed by atoms with E-state index in [4.69, 9.17) is 32.3 Å². The van der Waals surface area contributed by atoms with Gasteiger partial charge in [-0.3, -0.25) is 32.5 Å². The lowest BCUT2D eigenvalue weighted by Gasteiger charge is -2.21. The van der Waals surface area contributed by atoms with E-state index in [1.807, 2.05) is 0 Å². The Balaban J connectivity index is 4.61. The second-order valence-corrected chi connectivity index (χ2v) is 28.3. The highest BCUT2D eigenvalue weighted by molar-refractivity contribution is 7.47. The molecule has 0 heterocycles. The Labute approximate surface area is 601 Å². The van der Waals surface area contributed by atoms with E-state index in [2.05, 4.69) is 154 Å². The number of hydrogen-bond acceptors (Lipinski definition) is 14. The van der Waals surface area contributed by atoms with E-state index in [0.29, 0.717) is 19.3 Å². The fraction of sp³-hybridized carbons (Fsp3) is 0.691. The number of phosphoric ester groups is 2. The molecule has 0 aliphatic rings. The molecule has 0 aromatic carbocycles. The Bertz CT molecular complexity index is 2330. The molecule has 16 nitrogen and oxygen atoms in total. The van der Waals surface area contributed by atoms with E-state index in [9.17, 15) is 43.5 Å². The zero-order chi connectivity index (χ0) is 72.3. The maximum atomic E-state index is 13.0. The fourth-order valence-corrected chi connectivity index (χ4v) is 11.5. The summed E-state index contributed by atoms with van der Waals surface area (Å²) >= 11 is 0. The van der Waals surface area contributed by atoms with Crippen molar-refractivity contribution in [3.05, 3.63) is 134 Å². The molecule has 0 spiro atoms.